The highest BCUT2D eigenvalue weighted by Crippen LogP contribution is 2.21. The van der Waals surface area contributed by atoms with Crippen molar-refractivity contribution >= 4 is 18.0 Å². The number of hydrazine groups is 1. The van der Waals surface area contributed by atoms with Crippen LogP contribution in [0.5, 0.6) is 0 Å². The van der Waals surface area contributed by atoms with Crippen LogP contribution < -0.4 is 10.6 Å². The highest BCUT2D eigenvalue weighted by molar-refractivity contribution is 5.90. The van der Waals surface area contributed by atoms with Crippen molar-refractivity contribution in [3.63, 3.8) is 0 Å². The van der Waals surface area contributed by atoms with Crippen molar-refractivity contribution in [2.75, 3.05) is 33.3 Å². The van der Waals surface area contributed by atoms with Gasteiger partial charge in [0.1, 0.15) is 17.7 Å². The third kappa shape index (κ3) is 4.35. The number of methoxy groups -OCH3 is 1. The van der Waals surface area contributed by atoms with Gasteiger partial charge in [0.2, 0.25) is 0 Å². The number of rotatable bonds is 2. The van der Waals surface area contributed by atoms with E-state index in [4.69, 9.17) is 9.47 Å². The van der Waals surface area contributed by atoms with Gasteiger partial charge in [0.15, 0.2) is 0 Å². The van der Waals surface area contributed by atoms with Gasteiger partial charge >= 0.3 is 12.1 Å². The highest BCUT2D eigenvalue weighted by atomic mass is 16.6. The van der Waals surface area contributed by atoms with Crippen LogP contribution in [0.3, 0.4) is 0 Å². The molecule has 2 N–H and O–H groups in total. The number of hydrogen-bond acceptors (Lipinski definition) is 7. The molecule has 9 nitrogen and oxygen atoms in total. The molecule has 2 atom stereocenters. The Morgan fingerprint density at radius 2 is 2.00 bits per heavy atom. The number of ether oxygens (including phenoxy) is 2. The Labute approximate surface area is 141 Å². The first-order valence-corrected chi connectivity index (χ1v) is 8.09. The molecule has 0 aromatic carbocycles. The largest absolute Gasteiger partial charge is 0.467 e. The molecule has 2 rings (SSSR count). The molecular formula is C15H26N4O5. The lowest BCUT2D eigenvalue weighted by Gasteiger charge is -2.36. The van der Waals surface area contributed by atoms with Gasteiger partial charge < -0.3 is 20.1 Å². The minimum atomic E-state index is -0.812. The first kappa shape index (κ1) is 18.5. The van der Waals surface area contributed by atoms with Crippen molar-refractivity contribution in [3.05, 3.63) is 0 Å². The van der Waals surface area contributed by atoms with Crippen LogP contribution in [0, 0.1) is 0 Å². The monoisotopic (exact) mass is 342 g/mol. The Hall–Kier alpha value is -1.87. The molecule has 2 aliphatic rings. The molecule has 2 fully saturated rings. The van der Waals surface area contributed by atoms with Crippen molar-refractivity contribution in [1.82, 2.24) is 20.7 Å². The average Bonchev–Trinajstić information content (AvgIpc) is 2.88. The lowest BCUT2D eigenvalue weighted by molar-refractivity contribution is -0.163. The SMILES string of the molecule is COC(=O)[C@@H]1CCN2CCNC[C@H](NC(=O)OC(C)(C)C)C(=O)N12. The van der Waals surface area contributed by atoms with Gasteiger partial charge in [0.05, 0.1) is 7.11 Å². The zero-order valence-electron chi connectivity index (χ0n) is 14.6. The summed E-state index contributed by atoms with van der Waals surface area (Å²) in [5.74, 6) is -0.795. The summed E-state index contributed by atoms with van der Waals surface area (Å²) in [6, 6.07) is -1.46. The molecule has 0 aromatic heterocycles. The maximum atomic E-state index is 12.9. The minimum absolute atomic E-state index is 0.274. The van der Waals surface area contributed by atoms with Crippen LogP contribution >= 0.6 is 0 Å². The quantitative estimate of drug-likeness (QED) is 0.651. The standard InChI is InChI=1S/C15H26N4O5/c1-15(2,3)24-14(22)17-10-9-16-6-8-18-7-5-11(13(21)23-4)19(18)12(10)20/h10-11,16H,5-9H2,1-4H3,(H,17,22)/t10-,11-/m0/s1. The number of carbonyl (C=O) groups is 3. The van der Waals surface area contributed by atoms with E-state index in [2.05, 4.69) is 10.6 Å². The molecule has 0 unspecified atom stereocenters. The van der Waals surface area contributed by atoms with E-state index in [1.807, 2.05) is 5.01 Å². The van der Waals surface area contributed by atoms with Gasteiger partial charge in [0.25, 0.3) is 5.91 Å². The Morgan fingerprint density at radius 3 is 2.62 bits per heavy atom. The van der Waals surface area contributed by atoms with Crippen LogP contribution in [-0.2, 0) is 19.1 Å². The summed E-state index contributed by atoms with van der Waals surface area (Å²) in [5, 5.41) is 8.97. The van der Waals surface area contributed by atoms with Crippen LogP contribution in [0.4, 0.5) is 4.79 Å². The average molecular weight is 342 g/mol. The zero-order valence-corrected chi connectivity index (χ0v) is 14.6. The first-order valence-electron chi connectivity index (χ1n) is 8.09. The Bertz CT molecular complexity index is 505. The smallest absolute Gasteiger partial charge is 0.408 e. The number of fused-ring (bicyclic) bond motifs is 1. The van der Waals surface area contributed by atoms with Crippen molar-refractivity contribution in [2.24, 2.45) is 0 Å². The molecule has 0 saturated carbocycles. The number of carbonyl (C=O) groups excluding carboxylic acids is 3. The van der Waals surface area contributed by atoms with Crippen LogP contribution in [0.1, 0.15) is 27.2 Å². The topological polar surface area (TPSA) is 100 Å². The lowest BCUT2D eigenvalue weighted by atomic mass is 10.2. The Balaban J connectivity index is 2.12. The van der Waals surface area contributed by atoms with Crippen LogP contribution in [-0.4, -0.2) is 79.0 Å². The second kappa shape index (κ2) is 7.35. The molecule has 2 heterocycles. The predicted molar refractivity (Wildman–Crippen MR) is 84.9 cm³/mol. The zero-order chi connectivity index (χ0) is 17.9. The second-order valence-corrected chi connectivity index (χ2v) is 6.87. The van der Waals surface area contributed by atoms with Gasteiger partial charge in [-0.3, -0.25) is 9.80 Å². The van der Waals surface area contributed by atoms with Gasteiger partial charge in [-0.05, 0) is 27.2 Å². The summed E-state index contributed by atoms with van der Waals surface area (Å²) < 4.78 is 10.0. The molecule has 2 aliphatic heterocycles. The molecule has 136 valence electrons. The van der Waals surface area contributed by atoms with E-state index in [9.17, 15) is 14.4 Å². The van der Waals surface area contributed by atoms with Crippen molar-refractivity contribution in [1.29, 1.82) is 0 Å². The van der Waals surface area contributed by atoms with Crippen molar-refractivity contribution in [3.8, 4) is 0 Å². The number of hydrogen-bond donors (Lipinski definition) is 2. The van der Waals surface area contributed by atoms with Gasteiger partial charge in [-0.2, -0.15) is 0 Å². The fourth-order valence-corrected chi connectivity index (χ4v) is 2.83. The molecule has 9 heteroatoms. The van der Waals surface area contributed by atoms with Gasteiger partial charge in [-0.1, -0.05) is 0 Å². The molecule has 2 amide bonds. The maximum Gasteiger partial charge on any atom is 0.408 e. The summed E-state index contributed by atoms with van der Waals surface area (Å²) in [6.45, 7) is 7.37. The van der Waals surface area contributed by atoms with E-state index in [0.29, 0.717) is 26.1 Å². The maximum absolute atomic E-state index is 12.9. The van der Waals surface area contributed by atoms with E-state index in [1.165, 1.54) is 12.1 Å². The molecule has 0 aliphatic carbocycles. The first-order chi connectivity index (χ1) is 11.2. The lowest BCUT2D eigenvalue weighted by Crippen LogP contribution is -2.61. The second-order valence-electron chi connectivity index (χ2n) is 6.87. The Morgan fingerprint density at radius 1 is 1.29 bits per heavy atom. The minimum Gasteiger partial charge on any atom is -0.467 e. The van der Waals surface area contributed by atoms with E-state index in [1.54, 1.807) is 20.8 Å². The van der Waals surface area contributed by atoms with E-state index >= 15 is 0 Å². The summed E-state index contributed by atoms with van der Waals surface area (Å²) in [7, 11) is 1.30. The van der Waals surface area contributed by atoms with E-state index < -0.39 is 29.7 Å². The summed E-state index contributed by atoms with van der Waals surface area (Å²) in [4.78, 5) is 36.8. The summed E-state index contributed by atoms with van der Waals surface area (Å²) >= 11 is 0. The Kier molecular flexibility index (Phi) is 5.66. The molecule has 2 saturated heterocycles. The molecular weight excluding hydrogens is 316 g/mol. The molecule has 0 spiro atoms. The fraction of sp³-hybridized carbons (Fsp3) is 0.800. The molecule has 24 heavy (non-hydrogen) atoms. The molecule has 0 radical (unpaired) electrons. The van der Waals surface area contributed by atoms with Crippen molar-refractivity contribution in [2.45, 2.75) is 44.9 Å². The van der Waals surface area contributed by atoms with Crippen LogP contribution in [0.25, 0.3) is 0 Å². The van der Waals surface area contributed by atoms with Crippen LogP contribution in [0.15, 0.2) is 0 Å². The highest BCUT2D eigenvalue weighted by Gasteiger charge is 2.44. The van der Waals surface area contributed by atoms with Gasteiger partial charge in [-0.25, -0.2) is 14.6 Å². The molecule has 0 aromatic rings. The summed E-state index contributed by atoms with van der Waals surface area (Å²) in [5.41, 5.74) is -0.656. The van der Waals surface area contributed by atoms with Gasteiger partial charge in [0, 0.05) is 26.2 Å². The van der Waals surface area contributed by atoms with E-state index in [-0.39, 0.29) is 12.5 Å². The van der Waals surface area contributed by atoms with Crippen LogP contribution in [0.2, 0.25) is 0 Å². The number of nitrogens with zero attached hydrogens (tertiary/aromatic N) is 2. The van der Waals surface area contributed by atoms with E-state index in [0.717, 1.165) is 0 Å². The number of amides is 2. The predicted octanol–water partition coefficient (Wildman–Crippen LogP) is -0.526. The number of nitrogens with one attached hydrogen (secondary N) is 2. The third-order valence-corrected chi connectivity index (χ3v) is 3.84. The fourth-order valence-electron chi connectivity index (χ4n) is 2.83. The summed E-state index contributed by atoms with van der Waals surface area (Å²) in [6.07, 6.45) is -0.152. The normalized spacial score (nSPS) is 25.5. The molecule has 0 bridgehead atoms. The van der Waals surface area contributed by atoms with Gasteiger partial charge in [-0.15, -0.1) is 0 Å². The van der Waals surface area contributed by atoms with Crippen molar-refractivity contribution < 1.29 is 23.9 Å². The third-order valence-electron chi connectivity index (χ3n) is 3.84. The number of esters is 1. The number of alkyl carbamates (subject to hydrolysis) is 1.